The Hall–Kier alpha value is -3.35. The molecular weight excluding hydrogens is 372 g/mol. The molecule has 0 bridgehead atoms. The van der Waals surface area contributed by atoms with Crippen LogP contribution in [0.25, 0.3) is 0 Å². The Morgan fingerprint density at radius 1 is 0.931 bits per heavy atom. The van der Waals surface area contributed by atoms with Gasteiger partial charge in [0.1, 0.15) is 18.2 Å². The first-order chi connectivity index (χ1) is 13.7. The maximum atomic E-state index is 12.5. The van der Waals surface area contributed by atoms with E-state index >= 15 is 0 Å². The summed E-state index contributed by atoms with van der Waals surface area (Å²) in [6, 6.07) is 16.6. The van der Waals surface area contributed by atoms with Gasteiger partial charge in [-0.3, -0.25) is 4.79 Å². The maximum absolute atomic E-state index is 12.5. The first kappa shape index (κ1) is 21.9. The highest BCUT2D eigenvalue weighted by molar-refractivity contribution is 5.94. The normalized spacial score (nSPS) is 11.8. The van der Waals surface area contributed by atoms with Crippen LogP contribution in [0.4, 0.5) is 4.79 Å². The third kappa shape index (κ3) is 8.04. The minimum Gasteiger partial charge on any atom is -0.458 e. The molecule has 0 fully saturated rings. The topological polar surface area (TPSA) is 93.7 Å². The van der Waals surface area contributed by atoms with Crippen molar-refractivity contribution in [2.75, 3.05) is 6.54 Å². The number of esters is 1. The Morgan fingerprint density at radius 2 is 1.52 bits per heavy atom. The predicted octanol–water partition coefficient (Wildman–Crippen LogP) is 3.05. The van der Waals surface area contributed by atoms with Gasteiger partial charge in [-0.2, -0.15) is 0 Å². The van der Waals surface area contributed by atoms with Gasteiger partial charge < -0.3 is 20.1 Å². The summed E-state index contributed by atoms with van der Waals surface area (Å²) in [5.41, 5.74) is 0.518. The van der Waals surface area contributed by atoms with Crippen molar-refractivity contribution >= 4 is 18.0 Å². The zero-order chi connectivity index (χ0) is 21.3. The number of ether oxygens (including phenoxy) is 2. The average Bonchev–Trinajstić information content (AvgIpc) is 2.69. The number of carbonyl (C=O) groups excluding carboxylic acids is 3. The van der Waals surface area contributed by atoms with E-state index in [1.165, 1.54) is 0 Å². The maximum Gasteiger partial charge on any atom is 0.408 e. The molecule has 154 valence electrons. The molecule has 2 N–H and O–H groups in total. The Morgan fingerprint density at radius 3 is 2.10 bits per heavy atom. The first-order valence-corrected chi connectivity index (χ1v) is 9.28. The van der Waals surface area contributed by atoms with E-state index in [0.717, 1.165) is 5.56 Å². The van der Waals surface area contributed by atoms with Crippen LogP contribution < -0.4 is 10.6 Å². The van der Waals surface area contributed by atoms with Crippen LogP contribution in [-0.2, 0) is 20.9 Å². The molecule has 2 aromatic carbocycles. The molecule has 7 nitrogen and oxygen atoms in total. The van der Waals surface area contributed by atoms with E-state index in [1.807, 2.05) is 30.3 Å². The van der Waals surface area contributed by atoms with Gasteiger partial charge >= 0.3 is 12.1 Å². The SMILES string of the molecule is CC(C)(C)OC(=O)[C@H](CNC(=O)c1ccccc1)NC(=O)OCc1ccccc1. The van der Waals surface area contributed by atoms with Crippen molar-refractivity contribution in [2.24, 2.45) is 0 Å². The number of hydrogen-bond acceptors (Lipinski definition) is 5. The minimum atomic E-state index is -1.09. The van der Waals surface area contributed by atoms with Gasteiger partial charge in [0.15, 0.2) is 0 Å². The molecule has 7 heteroatoms. The van der Waals surface area contributed by atoms with Crippen molar-refractivity contribution in [3.8, 4) is 0 Å². The average molecular weight is 398 g/mol. The summed E-state index contributed by atoms with van der Waals surface area (Å²) in [6.07, 6.45) is -0.779. The van der Waals surface area contributed by atoms with E-state index in [2.05, 4.69) is 10.6 Å². The van der Waals surface area contributed by atoms with Crippen molar-refractivity contribution in [2.45, 2.75) is 39.0 Å². The van der Waals surface area contributed by atoms with E-state index in [1.54, 1.807) is 51.1 Å². The number of alkyl carbamates (subject to hydrolysis) is 1. The molecule has 0 radical (unpaired) electrons. The van der Waals surface area contributed by atoms with Crippen molar-refractivity contribution in [3.63, 3.8) is 0 Å². The lowest BCUT2D eigenvalue weighted by Crippen LogP contribution is -2.50. The highest BCUT2D eigenvalue weighted by Crippen LogP contribution is 2.09. The number of hydrogen-bond donors (Lipinski definition) is 2. The molecule has 0 unspecified atom stereocenters. The number of nitrogens with one attached hydrogen (secondary N) is 2. The molecule has 2 aromatic rings. The van der Waals surface area contributed by atoms with Gasteiger partial charge in [-0.25, -0.2) is 9.59 Å². The summed E-state index contributed by atoms with van der Waals surface area (Å²) in [5.74, 6) is -1.03. The molecule has 0 spiro atoms. The monoisotopic (exact) mass is 398 g/mol. The van der Waals surface area contributed by atoms with Crippen LogP contribution in [0.2, 0.25) is 0 Å². The van der Waals surface area contributed by atoms with Crippen molar-refractivity contribution < 1.29 is 23.9 Å². The Bertz CT molecular complexity index is 816. The van der Waals surface area contributed by atoms with Crippen LogP contribution in [0.3, 0.4) is 0 Å². The smallest absolute Gasteiger partial charge is 0.408 e. The lowest BCUT2D eigenvalue weighted by atomic mass is 10.2. The van der Waals surface area contributed by atoms with Crippen LogP contribution in [0.5, 0.6) is 0 Å². The van der Waals surface area contributed by atoms with Gasteiger partial charge in [-0.05, 0) is 38.5 Å². The number of rotatable bonds is 7. The quantitative estimate of drug-likeness (QED) is 0.699. The van der Waals surface area contributed by atoms with Crippen LogP contribution in [0.15, 0.2) is 60.7 Å². The molecule has 0 aliphatic carbocycles. The number of carbonyl (C=O) groups is 3. The molecule has 0 aromatic heterocycles. The van der Waals surface area contributed by atoms with Gasteiger partial charge in [0, 0.05) is 12.1 Å². The summed E-state index contributed by atoms with van der Waals surface area (Å²) in [6.45, 7) is 5.09. The summed E-state index contributed by atoms with van der Waals surface area (Å²) in [7, 11) is 0. The predicted molar refractivity (Wildman–Crippen MR) is 108 cm³/mol. The minimum absolute atomic E-state index is 0.0596. The summed E-state index contributed by atoms with van der Waals surface area (Å²) in [4.78, 5) is 36.9. The zero-order valence-electron chi connectivity index (χ0n) is 16.8. The third-order valence-electron chi connectivity index (χ3n) is 3.70. The second-order valence-corrected chi connectivity index (χ2v) is 7.37. The van der Waals surface area contributed by atoms with Gasteiger partial charge in [0.05, 0.1) is 0 Å². The lowest BCUT2D eigenvalue weighted by Gasteiger charge is -2.24. The molecule has 2 rings (SSSR count). The summed E-state index contributed by atoms with van der Waals surface area (Å²) < 4.78 is 10.5. The van der Waals surface area contributed by atoms with Gasteiger partial charge in [0.25, 0.3) is 5.91 Å². The Balaban J connectivity index is 1.97. The van der Waals surface area contributed by atoms with Crippen LogP contribution in [0.1, 0.15) is 36.7 Å². The highest BCUT2D eigenvalue weighted by atomic mass is 16.6. The Labute approximate surface area is 170 Å². The number of amides is 2. The second kappa shape index (κ2) is 10.3. The fraction of sp³-hybridized carbons (Fsp3) is 0.318. The largest absolute Gasteiger partial charge is 0.458 e. The summed E-state index contributed by atoms with van der Waals surface area (Å²) >= 11 is 0. The highest BCUT2D eigenvalue weighted by Gasteiger charge is 2.27. The molecule has 1 atom stereocenters. The number of benzene rings is 2. The van der Waals surface area contributed by atoms with Crippen molar-refractivity contribution in [1.82, 2.24) is 10.6 Å². The third-order valence-corrected chi connectivity index (χ3v) is 3.70. The van der Waals surface area contributed by atoms with E-state index in [9.17, 15) is 14.4 Å². The molecule has 29 heavy (non-hydrogen) atoms. The van der Waals surface area contributed by atoms with Crippen LogP contribution in [-0.4, -0.2) is 36.2 Å². The first-order valence-electron chi connectivity index (χ1n) is 9.28. The van der Waals surface area contributed by atoms with E-state index < -0.39 is 23.7 Å². The molecule has 2 amide bonds. The molecule has 0 aliphatic rings. The second-order valence-electron chi connectivity index (χ2n) is 7.37. The molecular formula is C22H26N2O5. The van der Waals surface area contributed by atoms with Gasteiger partial charge in [-0.1, -0.05) is 48.5 Å². The summed E-state index contributed by atoms with van der Waals surface area (Å²) in [5, 5.41) is 5.10. The van der Waals surface area contributed by atoms with Crippen molar-refractivity contribution in [1.29, 1.82) is 0 Å². The van der Waals surface area contributed by atoms with Gasteiger partial charge in [-0.15, -0.1) is 0 Å². The lowest BCUT2D eigenvalue weighted by molar-refractivity contribution is -0.157. The Kier molecular flexibility index (Phi) is 7.77. The zero-order valence-corrected chi connectivity index (χ0v) is 16.8. The molecule has 0 saturated carbocycles. The van der Waals surface area contributed by atoms with Gasteiger partial charge in [0.2, 0.25) is 0 Å². The van der Waals surface area contributed by atoms with Crippen LogP contribution >= 0.6 is 0 Å². The van der Waals surface area contributed by atoms with Crippen molar-refractivity contribution in [3.05, 3.63) is 71.8 Å². The van der Waals surface area contributed by atoms with Crippen LogP contribution in [0, 0.1) is 0 Å². The standard InChI is InChI=1S/C22H26N2O5/c1-22(2,3)29-20(26)18(14-23-19(25)17-12-8-5-9-13-17)24-21(27)28-15-16-10-6-4-7-11-16/h4-13,18H,14-15H2,1-3H3,(H,23,25)(H,24,27)/t18-/m0/s1. The fourth-order valence-electron chi connectivity index (χ4n) is 2.36. The fourth-order valence-corrected chi connectivity index (χ4v) is 2.36. The molecule has 0 heterocycles. The van der Waals surface area contributed by atoms with E-state index in [-0.39, 0.29) is 19.1 Å². The van der Waals surface area contributed by atoms with E-state index in [4.69, 9.17) is 9.47 Å². The molecule has 0 saturated heterocycles. The van der Waals surface area contributed by atoms with E-state index in [0.29, 0.717) is 5.56 Å². The molecule has 0 aliphatic heterocycles.